The Morgan fingerprint density at radius 1 is 0.958 bits per heavy atom. The highest BCUT2D eigenvalue weighted by Crippen LogP contribution is 2.29. The number of pyridine rings is 1. The average Bonchev–Trinajstić information content (AvgIpc) is 2.60. The molecule has 0 aliphatic carbocycles. The van der Waals surface area contributed by atoms with E-state index in [4.69, 9.17) is 27.9 Å². The van der Waals surface area contributed by atoms with E-state index in [1.54, 1.807) is 35.0 Å². The third-order valence-electron chi connectivity index (χ3n) is 3.56. The molecule has 0 radical (unpaired) electrons. The topological polar surface area (TPSA) is 31.2 Å². The van der Waals surface area contributed by atoms with Gasteiger partial charge in [0.15, 0.2) is 11.3 Å². The Balaban J connectivity index is 1.83. The van der Waals surface area contributed by atoms with Gasteiger partial charge in [-0.25, -0.2) is 0 Å². The van der Waals surface area contributed by atoms with Gasteiger partial charge in [-0.2, -0.15) is 0 Å². The highest BCUT2D eigenvalue weighted by atomic mass is 35.5. The lowest BCUT2D eigenvalue weighted by Crippen LogP contribution is -2.22. The summed E-state index contributed by atoms with van der Waals surface area (Å²) < 4.78 is 7.22. The Labute approximate surface area is 150 Å². The summed E-state index contributed by atoms with van der Waals surface area (Å²) in [6.07, 6.45) is 1.72. The van der Waals surface area contributed by atoms with Gasteiger partial charge in [-0.05, 0) is 23.8 Å². The summed E-state index contributed by atoms with van der Waals surface area (Å²) >= 11 is 12.4. The molecule has 0 fully saturated rings. The fourth-order valence-corrected chi connectivity index (χ4v) is 2.92. The SMILES string of the molecule is O=c1c(OC(Cl)c2ccccc2Cl)cccn1Cc1ccccc1. The molecule has 122 valence electrons. The van der Waals surface area contributed by atoms with Crippen LogP contribution in [0.25, 0.3) is 0 Å². The molecule has 0 aliphatic heterocycles. The fourth-order valence-electron chi connectivity index (χ4n) is 2.34. The second-order valence-corrected chi connectivity index (χ2v) is 6.05. The van der Waals surface area contributed by atoms with Crippen molar-refractivity contribution in [2.45, 2.75) is 12.1 Å². The predicted octanol–water partition coefficient (Wildman–Crippen LogP) is 4.87. The van der Waals surface area contributed by atoms with Crippen LogP contribution in [0.2, 0.25) is 5.02 Å². The number of hydrogen-bond acceptors (Lipinski definition) is 2. The number of halogens is 2. The van der Waals surface area contributed by atoms with Crippen LogP contribution in [0.5, 0.6) is 5.75 Å². The first-order chi connectivity index (χ1) is 11.6. The molecule has 0 amide bonds. The van der Waals surface area contributed by atoms with Crippen LogP contribution in [0.1, 0.15) is 16.7 Å². The number of ether oxygens (including phenoxy) is 1. The molecule has 1 aromatic heterocycles. The van der Waals surface area contributed by atoms with Crippen LogP contribution in [0.15, 0.2) is 77.7 Å². The zero-order valence-corrected chi connectivity index (χ0v) is 14.2. The largest absolute Gasteiger partial charge is 0.464 e. The van der Waals surface area contributed by atoms with Crippen molar-refractivity contribution in [2.24, 2.45) is 0 Å². The number of hydrogen-bond donors (Lipinski definition) is 0. The Kier molecular flexibility index (Phi) is 5.24. The van der Waals surface area contributed by atoms with E-state index in [2.05, 4.69) is 0 Å². The molecule has 5 heteroatoms. The van der Waals surface area contributed by atoms with Crippen molar-refractivity contribution in [3.8, 4) is 5.75 Å². The highest BCUT2D eigenvalue weighted by molar-refractivity contribution is 6.32. The first kappa shape index (κ1) is 16.6. The van der Waals surface area contributed by atoms with Gasteiger partial charge in [0.05, 0.1) is 6.54 Å². The first-order valence-corrected chi connectivity index (χ1v) is 8.25. The van der Waals surface area contributed by atoms with Crippen LogP contribution in [-0.2, 0) is 6.54 Å². The summed E-state index contributed by atoms with van der Waals surface area (Å²) in [7, 11) is 0. The van der Waals surface area contributed by atoms with Crippen LogP contribution >= 0.6 is 23.2 Å². The molecular formula is C19H15Cl2NO2. The Morgan fingerprint density at radius 3 is 2.42 bits per heavy atom. The third-order valence-corrected chi connectivity index (χ3v) is 4.23. The fraction of sp³-hybridized carbons (Fsp3) is 0.105. The molecule has 24 heavy (non-hydrogen) atoms. The maximum absolute atomic E-state index is 12.6. The number of benzene rings is 2. The van der Waals surface area contributed by atoms with Crippen LogP contribution in [0.3, 0.4) is 0 Å². The van der Waals surface area contributed by atoms with E-state index < -0.39 is 5.56 Å². The van der Waals surface area contributed by atoms with Crippen molar-refractivity contribution in [3.63, 3.8) is 0 Å². The minimum Gasteiger partial charge on any atom is -0.464 e. The van der Waals surface area contributed by atoms with Crippen molar-refractivity contribution in [2.75, 3.05) is 0 Å². The molecule has 0 bridgehead atoms. The molecule has 1 unspecified atom stereocenters. The van der Waals surface area contributed by atoms with Gasteiger partial charge >= 0.3 is 0 Å². The van der Waals surface area contributed by atoms with Crippen LogP contribution in [-0.4, -0.2) is 4.57 Å². The zero-order valence-electron chi connectivity index (χ0n) is 12.7. The van der Waals surface area contributed by atoms with Crippen molar-refractivity contribution < 1.29 is 4.74 Å². The molecule has 3 aromatic rings. The maximum atomic E-state index is 12.6. The van der Waals surface area contributed by atoms with Crippen molar-refractivity contribution in [1.82, 2.24) is 4.57 Å². The van der Waals surface area contributed by atoms with E-state index >= 15 is 0 Å². The van der Waals surface area contributed by atoms with E-state index in [1.807, 2.05) is 42.5 Å². The third kappa shape index (κ3) is 3.81. The molecule has 0 saturated carbocycles. The van der Waals surface area contributed by atoms with E-state index in [0.717, 1.165) is 5.56 Å². The molecule has 0 saturated heterocycles. The van der Waals surface area contributed by atoms with Crippen molar-refractivity contribution in [3.05, 3.63) is 99.4 Å². The van der Waals surface area contributed by atoms with E-state index in [0.29, 0.717) is 17.1 Å². The summed E-state index contributed by atoms with van der Waals surface area (Å²) in [5.41, 5.74) is 0.585. The normalized spacial score (nSPS) is 11.9. The Morgan fingerprint density at radius 2 is 1.67 bits per heavy atom. The molecule has 3 nitrogen and oxygen atoms in total. The Hall–Kier alpha value is -2.23. The molecular weight excluding hydrogens is 345 g/mol. The molecule has 0 spiro atoms. The minimum atomic E-state index is -0.834. The number of alkyl halides is 1. The van der Waals surface area contributed by atoms with E-state index in [1.165, 1.54) is 0 Å². The summed E-state index contributed by atoms with van der Waals surface area (Å²) in [5, 5.41) is 0.498. The molecule has 3 rings (SSSR count). The zero-order chi connectivity index (χ0) is 16.9. The quantitative estimate of drug-likeness (QED) is 0.608. The van der Waals surface area contributed by atoms with Gasteiger partial charge in [-0.15, -0.1) is 0 Å². The van der Waals surface area contributed by atoms with Gasteiger partial charge < -0.3 is 9.30 Å². The smallest absolute Gasteiger partial charge is 0.293 e. The number of nitrogens with zero attached hydrogens (tertiary/aromatic N) is 1. The van der Waals surface area contributed by atoms with Crippen molar-refractivity contribution >= 4 is 23.2 Å². The highest BCUT2D eigenvalue weighted by Gasteiger charge is 2.15. The lowest BCUT2D eigenvalue weighted by Gasteiger charge is -2.15. The second-order valence-electron chi connectivity index (χ2n) is 5.25. The lowest BCUT2D eigenvalue weighted by atomic mass is 10.2. The van der Waals surface area contributed by atoms with Crippen LogP contribution < -0.4 is 10.3 Å². The average molecular weight is 360 g/mol. The molecule has 2 aromatic carbocycles. The van der Waals surface area contributed by atoms with Crippen LogP contribution in [0.4, 0.5) is 0 Å². The van der Waals surface area contributed by atoms with E-state index in [-0.39, 0.29) is 11.3 Å². The molecule has 1 atom stereocenters. The predicted molar refractivity (Wildman–Crippen MR) is 96.9 cm³/mol. The summed E-state index contributed by atoms with van der Waals surface area (Å²) in [5.74, 6) is 0.188. The molecule has 1 heterocycles. The van der Waals surface area contributed by atoms with Gasteiger partial charge in [0, 0.05) is 16.8 Å². The number of aromatic nitrogens is 1. The summed E-state index contributed by atoms with van der Waals surface area (Å²) in [4.78, 5) is 12.6. The van der Waals surface area contributed by atoms with Gasteiger partial charge in [-0.3, -0.25) is 4.79 Å². The summed E-state index contributed by atoms with van der Waals surface area (Å²) in [6, 6.07) is 20.2. The monoisotopic (exact) mass is 359 g/mol. The van der Waals surface area contributed by atoms with Gasteiger partial charge in [0.1, 0.15) is 0 Å². The van der Waals surface area contributed by atoms with Gasteiger partial charge in [-0.1, -0.05) is 71.7 Å². The van der Waals surface area contributed by atoms with Gasteiger partial charge in [0.2, 0.25) is 0 Å². The first-order valence-electron chi connectivity index (χ1n) is 7.43. The van der Waals surface area contributed by atoms with Crippen LogP contribution in [0, 0.1) is 0 Å². The summed E-state index contributed by atoms with van der Waals surface area (Å²) in [6.45, 7) is 0.468. The lowest BCUT2D eigenvalue weighted by molar-refractivity contribution is 0.282. The maximum Gasteiger partial charge on any atom is 0.293 e. The van der Waals surface area contributed by atoms with Gasteiger partial charge in [0.25, 0.3) is 5.56 Å². The second kappa shape index (κ2) is 7.56. The molecule has 0 N–H and O–H groups in total. The Bertz CT molecular complexity index is 878. The molecule has 0 aliphatic rings. The number of rotatable bonds is 5. The minimum absolute atomic E-state index is 0.188. The van der Waals surface area contributed by atoms with Crippen molar-refractivity contribution in [1.29, 1.82) is 0 Å². The van der Waals surface area contributed by atoms with E-state index in [9.17, 15) is 4.79 Å². The standard InChI is InChI=1S/C19H15Cl2NO2/c20-16-10-5-4-9-15(16)18(21)24-17-11-6-12-22(19(17)23)13-14-7-2-1-3-8-14/h1-12,18H,13H2.